The molecule has 11 nitrogen and oxygen atoms in total. The average molecular weight is 501 g/mol. The second kappa shape index (κ2) is 9.34. The Balaban J connectivity index is 1.63. The maximum atomic E-state index is 13.3. The molecule has 1 amide bonds. The minimum absolute atomic E-state index is 0.141. The zero-order valence-corrected chi connectivity index (χ0v) is 20.2. The first-order chi connectivity index (χ1) is 17.8. The summed E-state index contributed by atoms with van der Waals surface area (Å²) < 4.78 is 3.65. The zero-order valence-electron chi connectivity index (χ0n) is 20.2. The summed E-state index contributed by atoms with van der Waals surface area (Å²) in [7, 11) is 0. The number of pyridine rings is 1. The molecule has 1 aromatic carbocycles. The molecule has 0 aliphatic carbocycles. The number of aromatic nitrogens is 4. The van der Waals surface area contributed by atoms with E-state index < -0.39 is 28.4 Å². The van der Waals surface area contributed by atoms with Crippen molar-refractivity contribution >= 4 is 28.8 Å². The summed E-state index contributed by atoms with van der Waals surface area (Å²) in [6.45, 7) is 4.39. The maximum absolute atomic E-state index is 13.3. The Morgan fingerprint density at radius 1 is 1.14 bits per heavy atom. The second-order valence-electron chi connectivity index (χ2n) is 8.93. The first-order valence-corrected chi connectivity index (χ1v) is 11.7. The molecule has 0 spiro atoms. The third kappa shape index (κ3) is 4.14. The van der Waals surface area contributed by atoms with E-state index >= 15 is 0 Å². The molecule has 4 aromatic rings. The van der Waals surface area contributed by atoms with E-state index in [1.165, 1.54) is 23.1 Å². The highest BCUT2D eigenvalue weighted by Crippen LogP contribution is 2.40. The van der Waals surface area contributed by atoms with E-state index in [0.29, 0.717) is 29.9 Å². The van der Waals surface area contributed by atoms with Crippen LogP contribution in [-0.2, 0) is 16.1 Å². The molecule has 0 bridgehead atoms. The van der Waals surface area contributed by atoms with E-state index in [1.807, 2.05) is 23.6 Å². The number of fused-ring (bicyclic) bond motifs is 1. The minimum Gasteiger partial charge on any atom is -0.505 e. The van der Waals surface area contributed by atoms with Gasteiger partial charge in [0.2, 0.25) is 0 Å². The third-order valence-electron chi connectivity index (χ3n) is 6.62. The number of benzene rings is 1. The van der Waals surface area contributed by atoms with Gasteiger partial charge in [0.15, 0.2) is 5.76 Å². The molecule has 0 saturated carbocycles. The molecule has 1 N–H and O–H groups in total. The van der Waals surface area contributed by atoms with Crippen LogP contribution >= 0.6 is 0 Å². The Kier molecular flexibility index (Phi) is 6.04. The number of carbonyl (C=O) groups excluding carboxylic acids is 2. The van der Waals surface area contributed by atoms with Gasteiger partial charge in [-0.05, 0) is 37.5 Å². The van der Waals surface area contributed by atoms with E-state index in [0.717, 1.165) is 5.56 Å². The molecule has 1 saturated heterocycles. The molecule has 3 aromatic heterocycles. The molecule has 0 radical (unpaired) electrons. The SMILES string of the molecule is Cc1cccn2c(C)c(C(O)=C3C(=O)C(=O)N(CCCn4ccnc4)C3c3cccc([N+](=O)[O-])c3)nc12. The summed E-state index contributed by atoms with van der Waals surface area (Å²) in [5.41, 5.74) is 2.30. The third-order valence-corrected chi connectivity index (χ3v) is 6.62. The van der Waals surface area contributed by atoms with Gasteiger partial charge in [0.25, 0.3) is 17.4 Å². The Labute approximate surface area is 211 Å². The number of carbonyl (C=O) groups is 2. The number of amides is 1. The van der Waals surface area contributed by atoms with Gasteiger partial charge in [-0.2, -0.15) is 0 Å². The van der Waals surface area contributed by atoms with E-state index in [-0.39, 0.29) is 23.5 Å². The Bertz CT molecular complexity index is 1570. The number of non-ortho nitro benzene ring substituents is 1. The number of ketones is 1. The van der Waals surface area contributed by atoms with Gasteiger partial charge in [0.05, 0.1) is 28.6 Å². The van der Waals surface area contributed by atoms with Crippen molar-refractivity contribution in [2.45, 2.75) is 32.9 Å². The van der Waals surface area contributed by atoms with Crippen molar-refractivity contribution in [3.8, 4) is 0 Å². The average Bonchev–Trinajstić information content (AvgIpc) is 3.58. The molecule has 1 unspecified atom stereocenters. The number of rotatable bonds is 7. The number of likely N-dealkylation sites (tertiary alicyclic amines) is 1. The van der Waals surface area contributed by atoms with Gasteiger partial charge in [-0.25, -0.2) is 9.97 Å². The van der Waals surface area contributed by atoms with Crippen LogP contribution in [0, 0.1) is 24.0 Å². The maximum Gasteiger partial charge on any atom is 0.295 e. The first kappa shape index (κ1) is 23.9. The lowest BCUT2D eigenvalue weighted by Gasteiger charge is -2.25. The number of hydrogen-bond acceptors (Lipinski definition) is 7. The van der Waals surface area contributed by atoms with Crippen LogP contribution < -0.4 is 0 Å². The van der Waals surface area contributed by atoms with Crippen LogP contribution in [0.5, 0.6) is 0 Å². The number of hydrogen-bond donors (Lipinski definition) is 1. The van der Waals surface area contributed by atoms with Gasteiger partial charge in [-0.15, -0.1) is 0 Å². The van der Waals surface area contributed by atoms with Crippen LogP contribution in [0.25, 0.3) is 11.4 Å². The lowest BCUT2D eigenvalue weighted by atomic mass is 9.96. The Morgan fingerprint density at radius 3 is 2.65 bits per heavy atom. The Morgan fingerprint density at radius 2 is 1.95 bits per heavy atom. The molecule has 188 valence electrons. The summed E-state index contributed by atoms with van der Waals surface area (Å²) in [6, 6.07) is 8.50. The normalized spacial score (nSPS) is 17.1. The summed E-state index contributed by atoms with van der Waals surface area (Å²) >= 11 is 0. The minimum atomic E-state index is -1.01. The monoisotopic (exact) mass is 500 g/mol. The van der Waals surface area contributed by atoms with Crippen molar-refractivity contribution in [1.29, 1.82) is 0 Å². The van der Waals surface area contributed by atoms with Crippen LogP contribution in [-0.4, -0.2) is 52.1 Å². The highest BCUT2D eigenvalue weighted by Gasteiger charge is 2.46. The quantitative estimate of drug-likeness (QED) is 0.135. The van der Waals surface area contributed by atoms with E-state index in [9.17, 15) is 24.8 Å². The van der Waals surface area contributed by atoms with Gasteiger partial charge in [-0.3, -0.25) is 19.7 Å². The largest absolute Gasteiger partial charge is 0.505 e. The number of aliphatic hydroxyl groups is 1. The summed E-state index contributed by atoms with van der Waals surface area (Å²) in [6.07, 6.45) is 7.39. The molecule has 1 aliphatic rings. The number of nitro groups is 1. The van der Waals surface area contributed by atoms with E-state index in [2.05, 4.69) is 9.97 Å². The van der Waals surface area contributed by atoms with Crippen LogP contribution in [0.3, 0.4) is 0 Å². The predicted octanol–water partition coefficient (Wildman–Crippen LogP) is 3.57. The van der Waals surface area contributed by atoms with Crippen LogP contribution in [0.4, 0.5) is 5.69 Å². The van der Waals surface area contributed by atoms with Crippen molar-refractivity contribution in [3.63, 3.8) is 0 Å². The Hall–Kier alpha value is -4.80. The smallest absolute Gasteiger partial charge is 0.295 e. The van der Waals surface area contributed by atoms with Crippen LogP contribution in [0.2, 0.25) is 0 Å². The molecular formula is C26H24N6O5. The van der Waals surface area contributed by atoms with Gasteiger partial charge < -0.3 is 19.0 Å². The fraction of sp³-hybridized carbons (Fsp3) is 0.231. The molecule has 1 fully saturated rings. The standard InChI is InChI=1S/C26H24N6O5/c1-16-6-4-11-30-17(2)21(28-25(16)30)23(33)20-22(18-7-3-8-19(14-18)32(36)37)31(26(35)24(20)34)12-5-10-29-13-9-27-15-29/h3-4,6-9,11,13-15,22,33H,5,10,12H2,1-2H3. The van der Waals surface area contributed by atoms with E-state index in [1.54, 1.807) is 42.3 Å². The van der Waals surface area contributed by atoms with Gasteiger partial charge in [0.1, 0.15) is 11.3 Å². The number of Topliss-reactive ketones (excluding diaryl/α,β-unsaturated/α-hetero) is 1. The summed E-state index contributed by atoms with van der Waals surface area (Å²) in [5.74, 6) is -2.04. The van der Waals surface area contributed by atoms with Crippen molar-refractivity contribution in [1.82, 2.24) is 23.8 Å². The van der Waals surface area contributed by atoms with Gasteiger partial charge in [0, 0.05) is 43.8 Å². The molecular weight excluding hydrogens is 476 g/mol. The zero-order chi connectivity index (χ0) is 26.3. The molecule has 4 heterocycles. The van der Waals surface area contributed by atoms with Crippen LogP contribution in [0.1, 0.15) is 35.0 Å². The number of nitro benzene ring substituents is 1. The second-order valence-corrected chi connectivity index (χ2v) is 8.93. The predicted molar refractivity (Wildman–Crippen MR) is 134 cm³/mol. The van der Waals surface area contributed by atoms with Crippen molar-refractivity contribution in [2.75, 3.05) is 6.54 Å². The fourth-order valence-electron chi connectivity index (χ4n) is 4.78. The molecule has 1 aliphatic heterocycles. The number of aliphatic hydroxyl groups excluding tert-OH is 1. The number of nitrogens with zero attached hydrogens (tertiary/aromatic N) is 6. The molecule has 1 atom stereocenters. The van der Waals surface area contributed by atoms with Gasteiger partial charge in [-0.1, -0.05) is 18.2 Å². The van der Waals surface area contributed by atoms with E-state index in [4.69, 9.17) is 0 Å². The topological polar surface area (TPSA) is 136 Å². The number of aryl methyl sites for hydroxylation is 3. The molecule has 11 heteroatoms. The summed E-state index contributed by atoms with van der Waals surface area (Å²) in [4.78, 5) is 47.4. The molecule has 5 rings (SSSR count). The van der Waals surface area contributed by atoms with Gasteiger partial charge >= 0.3 is 0 Å². The van der Waals surface area contributed by atoms with Crippen molar-refractivity contribution in [2.24, 2.45) is 0 Å². The lowest BCUT2D eigenvalue weighted by molar-refractivity contribution is -0.384. The highest BCUT2D eigenvalue weighted by atomic mass is 16.6. The lowest BCUT2D eigenvalue weighted by Crippen LogP contribution is -2.31. The number of imidazole rings is 2. The van der Waals surface area contributed by atoms with Crippen LogP contribution in [0.15, 0.2) is 66.9 Å². The highest BCUT2D eigenvalue weighted by molar-refractivity contribution is 6.46. The van der Waals surface area contributed by atoms with Crippen molar-refractivity contribution in [3.05, 3.63) is 99.5 Å². The summed E-state index contributed by atoms with van der Waals surface area (Å²) in [5, 5.41) is 22.9. The molecule has 37 heavy (non-hydrogen) atoms. The first-order valence-electron chi connectivity index (χ1n) is 11.7. The fourth-order valence-corrected chi connectivity index (χ4v) is 4.78. The van der Waals surface area contributed by atoms with Crippen molar-refractivity contribution < 1.29 is 19.6 Å².